The number of nitrogens with one attached hydrogen (secondary N) is 1. The first-order valence-corrected chi connectivity index (χ1v) is 12.7. The fourth-order valence-electron chi connectivity index (χ4n) is 4.54. The Morgan fingerprint density at radius 1 is 0.700 bits per heavy atom. The molecule has 1 nitrogen and oxygen atoms in total. The summed E-state index contributed by atoms with van der Waals surface area (Å²) < 4.78 is 0. The molecule has 0 radical (unpaired) electrons. The van der Waals surface area contributed by atoms with Gasteiger partial charge in [-0.1, -0.05) is 119 Å². The Hall–Kier alpha value is -2.11. The van der Waals surface area contributed by atoms with Crippen LogP contribution >= 0.6 is 7.92 Å². The average molecular weight is 416 g/mol. The molecule has 1 aliphatic rings. The van der Waals surface area contributed by atoms with Crippen LogP contribution in [0.1, 0.15) is 58.4 Å². The van der Waals surface area contributed by atoms with Gasteiger partial charge in [0.15, 0.2) is 0 Å². The van der Waals surface area contributed by atoms with Crippen LogP contribution in [-0.2, 0) is 5.41 Å². The van der Waals surface area contributed by atoms with Crippen LogP contribution in [0.5, 0.6) is 0 Å². The third-order valence-corrected chi connectivity index (χ3v) is 8.56. The van der Waals surface area contributed by atoms with Crippen molar-refractivity contribution in [2.75, 3.05) is 5.32 Å². The van der Waals surface area contributed by atoms with Crippen LogP contribution in [0, 0.1) is 0 Å². The SMILES string of the molecule is CC(C)(C)c1cccc(P(c2ccccc2)c2ccccc2)c1NC1CCCCC1. The van der Waals surface area contributed by atoms with Gasteiger partial charge in [-0.25, -0.2) is 0 Å². The van der Waals surface area contributed by atoms with Crippen molar-refractivity contribution in [3.8, 4) is 0 Å². The fourth-order valence-corrected chi connectivity index (χ4v) is 6.97. The molecule has 0 bridgehead atoms. The summed E-state index contributed by atoms with van der Waals surface area (Å²) in [4.78, 5) is 0. The zero-order valence-corrected chi connectivity index (χ0v) is 19.5. The van der Waals surface area contributed by atoms with E-state index in [4.69, 9.17) is 0 Å². The largest absolute Gasteiger partial charge is 0.382 e. The lowest BCUT2D eigenvalue weighted by molar-refractivity contribution is 0.461. The molecule has 3 aromatic rings. The van der Waals surface area contributed by atoms with Crippen LogP contribution in [0.4, 0.5) is 5.69 Å². The molecule has 0 spiro atoms. The lowest BCUT2D eigenvalue weighted by atomic mass is 9.85. The summed E-state index contributed by atoms with van der Waals surface area (Å²) in [5, 5.41) is 8.35. The summed E-state index contributed by atoms with van der Waals surface area (Å²) >= 11 is 0. The summed E-state index contributed by atoms with van der Waals surface area (Å²) in [6.07, 6.45) is 6.64. The number of para-hydroxylation sites is 1. The Labute approximate surface area is 183 Å². The van der Waals surface area contributed by atoms with E-state index in [2.05, 4.69) is 105 Å². The molecule has 0 heterocycles. The molecule has 0 amide bonds. The number of rotatable bonds is 5. The maximum atomic E-state index is 4.06. The standard InChI is InChI=1S/C28H34NP/c1-28(2,3)25-20-13-21-26(27(25)29-22-14-7-4-8-15-22)30(23-16-9-5-10-17-23)24-18-11-6-12-19-24/h5-6,9-13,16-22,29H,4,7-8,14-15H2,1-3H3. The smallest absolute Gasteiger partial charge is 0.0465 e. The summed E-state index contributed by atoms with van der Waals surface area (Å²) in [5.41, 5.74) is 2.92. The summed E-state index contributed by atoms with van der Waals surface area (Å²) in [5.74, 6) is 0. The normalized spacial score (nSPS) is 15.3. The van der Waals surface area contributed by atoms with Gasteiger partial charge >= 0.3 is 0 Å². The maximum Gasteiger partial charge on any atom is 0.0465 e. The van der Waals surface area contributed by atoms with Gasteiger partial charge in [-0.15, -0.1) is 0 Å². The third-order valence-electron chi connectivity index (χ3n) is 6.07. The fraction of sp³-hybridized carbons (Fsp3) is 0.357. The molecule has 1 aliphatic carbocycles. The van der Waals surface area contributed by atoms with E-state index >= 15 is 0 Å². The predicted octanol–water partition coefficient (Wildman–Crippen LogP) is 6.49. The molecular weight excluding hydrogens is 381 g/mol. The zero-order valence-electron chi connectivity index (χ0n) is 18.6. The molecule has 0 aromatic heterocycles. The predicted molar refractivity (Wildman–Crippen MR) is 134 cm³/mol. The van der Waals surface area contributed by atoms with Gasteiger partial charge < -0.3 is 5.32 Å². The molecule has 156 valence electrons. The molecular formula is C28H34NP. The van der Waals surface area contributed by atoms with Crippen molar-refractivity contribution < 1.29 is 0 Å². The van der Waals surface area contributed by atoms with Gasteiger partial charge in [0.1, 0.15) is 0 Å². The lowest BCUT2D eigenvalue weighted by Crippen LogP contribution is -2.31. The minimum absolute atomic E-state index is 0.0986. The summed E-state index contributed by atoms with van der Waals surface area (Å²) in [7, 11) is -0.620. The maximum absolute atomic E-state index is 4.06. The quantitative estimate of drug-likeness (QED) is 0.470. The van der Waals surface area contributed by atoms with Gasteiger partial charge in [0.2, 0.25) is 0 Å². The molecule has 0 saturated heterocycles. The molecule has 4 rings (SSSR count). The van der Waals surface area contributed by atoms with E-state index in [0.29, 0.717) is 6.04 Å². The number of anilines is 1. The van der Waals surface area contributed by atoms with Crippen molar-refractivity contribution in [2.24, 2.45) is 0 Å². The summed E-state index contributed by atoms with van der Waals surface area (Å²) in [6, 6.07) is 29.7. The van der Waals surface area contributed by atoms with Gasteiger partial charge in [0.25, 0.3) is 0 Å². The molecule has 2 heteroatoms. The zero-order chi connectivity index (χ0) is 21.0. The van der Waals surface area contributed by atoms with Gasteiger partial charge in [0.05, 0.1) is 0 Å². The van der Waals surface area contributed by atoms with E-state index in [-0.39, 0.29) is 5.41 Å². The van der Waals surface area contributed by atoms with E-state index in [9.17, 15) is 0 Å². The monoisotopic (exact) mass is 415 g/mol. The molecule has 0 atom stereocenters. The van der Waals surface area contributed by atoms with Crippen molar-refractivity contribution >= 4 is 29.5 Å². The molecule has 30 heavy (non-hydrogen) atoms. The van der Waals surface area contributed by atoms with Crippen molar-refractivity contribution in [2.45, 2.75) is 64.3 Å². The molecule has 1 N–H and O–H groups in total. The first-order chi connectivity index (χ1) is 14.5. The van der Waals surface area contributed by atoms with Crippen molar-refractivity contribution in [1.82, 2.24) is 0 Å². The van der Waals surface area contributed by atoms with E-state index < -0.39 is 7.92 Å². The van der Waals surface area contributed by atoms with Crippen molar-refractivity contribution in [3.05, 3.63) is 84.4 Å². The first-order valence-electron chi connectivity index (χ1n) is 11.3. The minimum atomic E-state index is -0.620. The van der Waals surface area contributed by atoms with Crippen LogP contribution in [0.3, 0.4) is 0 Å². The molecule has 3 aromatic carbocycles. The Kier molecular flexibility index (Phi) is 6.59. The van der Waals surface area contributed by atoms with Gasteiger partial charge in [0, 0.05) is 17.0 Å². The highest BCUT2D eigenvalue weighted by molar-refractivity contribution is 7.80. The Bertz CT molecular complexity index is 898. The minimum Gasteiger partial charge on any atom is -0.382 e. The highest BCUT2D eigenvalue weighted by atomic mass is 31.1. The number of benzene rings is 3. The van der Waals surface area contributed by atoms with Gasteiger partial charge in [-0.2, -0.15) is 0 Å². The lowest BCUT2D eigenvalue weighted by Gasteiger charge is -2.33. The van der Waals surface area contributed by atoms with E-state index in [1.165, 1.54) is 59.3 Å². The highest BCUT2D eigenvalue weighted by Gasteiger charge is 2.27. The van der Waals surface area contributed by atoms with Gasteiger partial charge in [-0.05, 0) is 42.4 Å². The molecule has 0 aliphatic heterocycles. The topological polar surface area (TPSA) is 12.0 Å². The Balaban J connectivity index is 1.88. The van der Waals surface area contributed by atoms with Gasteiger partial charge in [-0.3, -0.25) is 0 Å². The van der Waals surface area contributed by atoms with Crippen LogP contribution in [-0.4, -0.2) is 6.04 Å². The van der Waals surface area contributed by atoms with E-state index in [1.807, 2.05) is 0 Å². The van der Waals surface area contributed by atoms with Crippen LogP contribution < -0.4 is 21.2 Å². The molecule has 1 saturated carbocycles. The third kappa shape index (κ3) is 4.79. The highest BCUT2D eigenvalue weighted by Crippen LogP contribution is 2.40. The average Bonchev–Trinajstić information content (AvgIpc) is 2.76. The second kappa shape index (κ2) is 9.36. The van der Waals surface area contributed by atoms with Crippen molar-refractivity contribution in [1.29, 1.82) is 0 Å². The Morgan fingerprint density at radius 2 is 1.27 bits per heavy atom. The van der Waals surface area contributed by atoms with Crippen molar-refractivity contribution in [3.63, 3.8) is 0 Å². The molecule has 0 unspecified atom stereocenters. The van der Waals surface area contributed by atoms with Crippen LogP contribution in [0.2, 0.25) is 0 Å². The van der Waals surface area contributed by atoms with Crippen LogP contribution in [0.25, 0.3) is 0 Å². The first kappa shape index (κ1) is 21.1. The second-order valence-electron chi connectivity index (χ2n) is 9.44. The van der Waals surface area contributed by atoms with Crippen LogP contribution in [0.15, 0.2) is 78.9 Å². The summed E-state index contributed by atoms with van der Waals surface area (Å²) in [6.45, 7) is 7.02. The Morgan fingerprint density at radius 3 is 1.80 bits per heavy atom. The number of hydrogen-bond donors (Lipinski definition) is 1. The van der Waals surface area contributed by atoms with E-state index in [0.717, 1.165) is 0 Å². The molecule has 1 fully saturated rings. The second-order valence-corrected chi connectivity index (χ2v) is 11.6. The number of hydrogen-bond acceptors (Lipinski definition) is 1. The van der Waals surface area contributed by atoms with E-state index in [1.54, 1.807) is 0 Å².